The highest BCUT2D eigenvalue weighted by molar-refractivity contribution is 7.99. The number of unbranched alkanes of at least 4 members (excludes halogenated alkanes) is 3. The number of piperidine rings is 1. The number of nitrogens with zero attached hydrogens (tertiary/aromatic N) is 5. The zero-order valence-corrected chi connectivity index (χ0v) is 55.7. The van der Waals surface area contributed by atoms with Crippen LogP contribution in [-0.4, -0.2) is 167 Å². The standard InChI is InChI=1S/C68H82F3N9O11S3/c1-65(2)28-26-46(52(39-65)67-42-66(3,43-67)44-67)40-77-32-34-78(35-33-77)48-20-18-45(19-21-48)61(84)75-94(90,91)50-22-23-53(56(38-50)93(88,89)68(69,70)71)72-47(41-92-49-12-7-6-8-13-49)27-29-76-30-36-79(37-31-76)59(83)17-10-5-4-9-16-57(81)73-54-15-11-14-51-60(54)64(87)80(63(51)86)55-24-25-58(82)74-62(55)85/h6-8,11-15,18-23,38,47,55,72H,4-5,9-10,16-17,24-37,39-44H2,1-3H3,(H,73,81)(H,75,84)(H,74,82,85)/t47-,55?,66?,67?/m1/s1. The number of carbonyl (C=O) groups excluding carboxylic acids is 7. The number of amides is 7. The number of anilines is 3. The molecule has 504 valence electrons. The summed E-state index contributed by atoms with van der Waals surface area (Å²) in [6.45, 7) is 13.7. The number of thioether (sulfide) groups is 1. The first-order valence-electron chi connectivity index (χ1n) is 32.5. The lowest BCUT2D eigenvalue weighted by molar-refractivity contribution is -0.167. The van der Waals surface area contributed by atoms with Gasteiger partial charge >= 0.3 is 5.51 Å². The Morgan fingerprint density at radius 3 is 2.10 bits per heavy atom. The van der Waals surface area contributed by atoms with Crippen LogP contribution in [0.25, 0.3) is 0 Å². The van der Waals surface area contributed by atoms with Gasteiger partial charge < -0.3 is 20.4 Å². The van der Waals surface area contributed by atoms with Crippen LogP contribution in [0, 0.1) is 16.2 Å². The highest BCUT2D eigenvalue weighted by atomic mass is 32.2. The minimum atomic E-state index is -6.16. The van der Waals surface area contributed by atoms with E-state index in [2.05, 4.69) is 51.4 Å². The summed E-state index contributed by atoms with van der Waals surface area (Å²) in [5.41, 5.74) is -0.643. The molecule has 0 radical (unpaired) electrons. The summed E-state index contributed by atoms with van der Waals surface area (Å²) in [4.78, 5) is 98.8. The largest absolute Gasteiger partial charge is 0.501 e. The van der Waals surface area contributed by atoms with Gasteiger partial charge in [-0.05, 0) is 147 Å². The van der Waals surface area contributed by atoms with Crippen LogP contribution in [-0.2, 0) is 39.0 Å². The number of rotatable bonds is 25. The van der Waals surface area contributed by atoms with E-state index in [1.165, 1.54) is 74.2 Å². The number of allylic oxidation sites excluding steroid dienone is 1. The van der Waals surface area contributed by atoms with Crippen LogP contribution in [0.3, 0.4) is 0 Å². The van der Waals surface area contributed by atoms with Crippen LogP contribution in [0.2, 0.25) is 0 Å². The number of carbonyl (C=O) groups is 7. The van der Waals surface area contributed by atoms with E-state index in [9.17, 15) is 63.6 Å². The van der Waals surface area contributed by atoms with Crippen LogP contribution in [0.5, 0.6) is 0 Å². The van der Waals surface area contributed by atoms with Crippen molar-refractivity contribution in [3.05, 3.63) is 119 Å². The molecule has 2 atom stereocenters. The van der Waals surface area contributed by atoms with Crippen molar-refractivity contribution in [3.8, 4) is 0 Å². The Labute approximate surface area is 551 Å². The molecule has 3 saturated heterocycles. The molecule has 1 unspecified atom stereocenters. The number of halogens is 3. The van der Waals surface area contributed by atoms with E-state index in [4.69, 9.17) is 0 Å². The third-order valence-electron chi connectivity index (χ3n) is 19.8. The molecule has 12 rings (SSSR count). The quantitative estimate of drug-likeness (QED) is 0.0209. The van der Waals surface area contributed by atoms with Gasteiger partial charge in [0.25, 0.3) is 37.6 Å². The zero-order chi connectivity index (χ0) is 67.0. The predicted octanol–water partition coefficient (Wildman–Crippen LogP) is 9.41. The Hall–Kier alpha value is -7.13. The van der Waals surface area contributed by atoms with Gasteiger partial charge in [-0.3, -0.25) is 53.6 Å². The molecule has 26 heteroatoms. The molecule has 4 heterocycles. The van der Waals surface area contributed by atoms with Crippen LogP contribution in [0.4, 0.5) is 30.2 Å². The second-order valence-electron chi connectivity index (χ2n) is 27.5. The number of nitrogens with one attached hydrogen (secondary N) is 4. The van der Waals surface area contributed by atoms with Crippen LogP contribution in [0.1, 0.15) is 148 Å². The van der Waals surface area contributed by atoms with Gasteiger partial charge in [-0.25, -0.2) is 21.6 Å². The fourth-order valence-electron chi connectivity index (χ4n) is 14.9. The van der Waals surface area contributed by atoms with Crippen molar-refractivity contribution in [2.75, 3.05) is 86.7 Å². The molecular weight excluding hydrogens is 1270 g/mol. The predicted molar refractivity (Wildman–Crippen MR) is 350 cm³/mol. The monoisotopic (exact) mass is 1350 g/mol. The van der Waals surface area contributed by atoms with Crippen LogP contribution in [0.15, 0.2) is 117 Å². The zero-order valence-electron chi connectivity index (χ0n) is 53.3. The average Bonchev–Trinajstić information content (AvgIpc) is 0.869. The summed E-state index contributed by atoms with van der Waals surface area (Å²) in [7, 11) is -11.1. The smallest absolute Gasteiger partial charge is 0.380 e. The topological polar surface area (TPSA) is 252 Å². The van der Waals surface area contributed by atoms with E-state index in [0.29, 0.717) is 87.1 Å². The van der Waals surface area contributed by atoms with Crippen molar-refractivity contribution in [2.45, 2.75) is 149 Å². The molecule has 8 aliphatic rings. The van der Waals surface area contributed by atoms with Gasteiger partial charge in [0, 0.05) is 113 Å². The number of hydrogen-bond acceptors (Lipinski definition) is 16. The van der Waals surface area contributed by atoms with E-state index in [1.54, 1.807) is 28.2 Å². The van der Waals surface area contributed by atoms with Gasteiger partial charge in [-0.15, -0.1) is 11.8 Å². The molecule has 4 aromatic carbocycles. The minimum Gasteiger partial charge on any atom is -0.380 e. The first-order chi connectivity index (χ1) is 44.6. The van der Waals surface area contributed by atoms with Crippen LogP contribution < -0.4 is 25.6 Å². The highest BCUT2D eigenvalue weighted by Gasteiger charge is 2.67. The van der Waals surface area contributed by atoms with Crippen molar-refractivity contribution in [2.24, 2.45) is 16.2 Å². The molecule has 6 fully saturated rings. The lowest BCUT2D eigenvalue weighted by atomic mass is 9.33. The number of benzene rings is 4. The Bertz CT molecular complexity index is 3850. The van der Waals surface area contributed by atoms with E-state index >= 15 is 0 Å². The summed E-state index contributed by atoms with van der Waals surface area (Å²) in [5.74, 6) is -3.83. The van der Waals surface area contributed by atoms with Crippen molar-refractivity contribution >= 4 is 90.0 Å². The maximum Gasteiger partial charge on any atom is 0.501 e. The number of alkyl halides is 3. The fourth-order valence-corrected chi connectivity index (χ4v) is 17.9. The SMILES string of the molecule is CC1(C)CCC(CN2CCN(c3ccc(C(=O)NS(=O)(=O)c4ccc(N[C@H](CCN5CCN(C(=O)CCCCCCC(=O)Nc6cccc7c6C(=O)N(C6CCC(=O)NC6=O)C7=O)CC5)CSc5ccccc5)c(S(=O)(=O)C(F)(F)F)c4)cc3)CC2)=C(C23CC(C)(C2)C3)C1. The lowest BCUT2D eigenvalue weighted by Crippen LogP contribution is -2.61. The molecule has 0 spiro atoms. The average molecular weight is 1350 g/mol. The fraction of sp³-hybridized carbons (Fsp3) is 0.515. The molecule has 4 aromatic rings. The summed E-state index contributed by atoms with van der Waals surface area (Å²) >= 11 is 1.39. The third kappa shape index (κ3) is 15.1. The molecule has 4 aliphatic carbocycles. The van der Waals surface area contributed by atoms with Crippen molar-refractivity contribution < 1.29 is 63.6 Å². The van der Waals surface area contributed by atoms with Gasteiger partial charge in [-0.1, -0.05) is 69.0 Å². The van der Waals surface area contributed by atoms with Gasteiger partial charge in [0.1, 0.15) is 10.9 Å². The Balaban J connectivity index is 0.649. The number of fused-ring (bicyclic) bond motifs is 1. The molecule has 4 aliphatic heterocycles. The summed E-state index contributed by atoms with van der Waals surface area (Å²) in [5, 5.41) is 7.89. The molecule has 7 amide bonds. The Kier molecular flexibility index (Phi) is 20.0. The molecule has 94 heavy (non-hydrogen) atoms. The highest BCUT2D eigenvalue weighted by Crippen LogP contribution is 2.77. The number of sulfonamides is 1. The molecule has 0 aromatic heterocycles. The maximum absolute atomic E-state index is 14.5. The first-order valence-corrected chi connectivity index (χ1v) is 36.5. The molecular formula is C68H82F3N9O11S3. The Morgan fingerprint density at radius 1 is 0.745 bits per heavy atom. The number of sulfone groups is 1. The van der Waals surface area contributed by atoms with Crippen LogP contribution >= 0.6 is 11.8 Å². The van der Waals surface area contributed by atoms with E-state index in [-0.39, 0.29) is 65.6 Å². The van der Waals surface area contributed by atoms with Gasteiger partial charge in [0.2, 0.25) is 23.6 Å². The van der Waals surface area contributed by atoms with E-state index in [1.807, 2.05) is 35.1 Å². The van der Waals surface area contributed by atoms with E-state index < -0.39 is 82.5 Å². The lowest BCUT2D eigenvalue weighted by Gasteiger charge is -2.72. The maximum atomic E-state index is 14.5. The summed E-state index contributed by atoms with van der Waals surface area (Å²) < 4.78 is 99.9. The Morgan fingerprint density at radius 2 is 1.43 bits per heavy atom. The second-order valence-corrected chi connectivity index (χ2v) is 32.2. The summed E-state index contributed by atoms with van der Waals surface area (Å²) in [6.07, 6.45) is 10.5. The minimum absolute atomic E-state index is 0.00116. The summed E-state index contributed by atoms with van der Waals surface area (Å²) in [6, 6.07) is 20.7. The number of imide groups is 2. The van der Waals surface area contributed by atoms with Crippen molar-refractivity contribution in [1.82, 2.24) is 29.6 Å². The van der Waals surface area contributed by atoms with Crippen molar-refractivity contribution in [3.63, 3.8) is 0 Å². The normalized spacial score (nSPS) is 22.9. The number of piperazine rings is 2. The third-order valence-corrected chi connectivity index (χ3v) is 23.9. The van der Waals surface area contributed by atoms with Gasteiger partial charge in [0.05, 0.1) is 27.4 Å². The molecule has 3 saturated carbocycles. The van der Waals surface area contributed by atoms with E-state index in [0.717, 1.165) is 66.8 Å². The molecule has 2 bridgehead atoms. The van der Waals surface area contributed by atoms with Gasteiger partial charge in [0.15, 0.2) is 0 Å². The molecule has 20 nitrogen and oxygen atoms in total. The second kappa shape index (κ2) is 27.5. The number of hydrogen-bond donors (Lipinski definition) is 4. The first kappa shape index (κ1) is 68.3. The van der Waals surface area contributed by atoms with Crippen molar-refractivity contribution in [1.29, 1.82) is 0 Å². The van der Waals surface area contributed by atoms with Gasteiger partial charge in [-0.2, -0.15) is 13.2 Å². The molecule has 4 N–H and O–H groups in total.